The Morgan fingerprint density at radius 2 is 1.60 bits per heavy atom. The molecule has 1 N–H and O–H groups in total. The molecule has 7 atom stereocenters. The van der Waals surface area contributed by atoms with Gasteiger partial charge in [0.25, 0.3) is 5.91 Å². The van der Waals surface area contributed by atoms with Crippen LogP contribution in [0.2, 0.25) is 0 Å². The number of likely N-dealkylation sites (tertiary alicyclic amines) is 1. The number of thioether (sulfide) groups is 1. The van der Waals surface area contributed by atoms with Crippen molar-refractivity contribution >= 4 is 51.6 Å². The zero-order chi connectivity index (χ0) is 33.5. The molecule has 0 aliphatic carbocycles. The van der Waals surface area contributed by atoms with Gasteiger partial charge in [0.05, 0.1) is 29.2 Å². The first-order valence-electron chi connectivity index (χ1n) is 16.7. The van der Waals surface area contributed by atoms with Crippen LogP contribution in [0.25, 0.3) is 10.8 Å². The summed E-state index contributed by atoms with van der Waals surface area (Å²) in [7, 11) is 0. The number of benzene rings is 3. The first-order valence-corrected chi connectivity index (χ1v) is 17.5. The van der Waals surface area contributed by atoms with Crippen LogP contribution in [0.1, 0.15) is 40.0 Å². The number of amides is 3. The number of nitrogens with zero attached hydrogens (tertiary/aromatic N) is 3. The maximum atomic E-state index is 15.2. The van der Waals surface area contributed by atoms with Crippen LogP contribution in [0.4, 0.5) is 11.4 Å². The lowest BCUT2D eigenvalue weighted by atomic mass is 9.66. The molecule has 2 unspecified atom stereocenters. The molecule has 3 aromatic rings. The minimum Gasteiger partial charge on any atom is -0.394 e. The van der Waals surface area contributed by atoms with Crippen molar-refractivity contribution in [2.24, 2.45) is 17.8 Å². The number of fused-ring (bicyclic) bond motifs is 2. The Bertz CT molecular complexity index is 1700. The van der Waals surface area contributed by atoms with Crippen molar-refractivity contribution in [3.05, 3.63) is 98.1 Å². The van der Waals surface area contributed by atoms with Gasteiger partial charge in [0, 0.05) is 29.2 Å². The fraction of sp³-hybridized carbons (Fsp3) is 0.410. The normalized spacial score (nSPS) is 27.4. The van der Waals surface area contributed by atoms with Gasteiger partial charge in [-0.3, -0.25) is 14.4 Å². The second kappa shape index (κ2) is 13.0. The van der Waals surface area contributed by atoms with Gasteiger partial charge in [0.15, 0.2) is 0 Å². The zero-order valence-corrected chi connectivity index (χ0v) is 28.4. The third kappa shape index (κ3) is 5.30. The van der Waals surface area contributed by atoms with Gasteiger partial charge < -0.3 is 19.8 Å². The number of carbonyl (C=O) groups is 3. The van der Waals surface area contributed by atoms with Crippen LogP contribution in [-0.2, 0) is 14.4 Å². The highest BCUT2D eigenvalue weighted by molar-refractivity contribution is 8.02. The fourth-order valence-electron chi connectivity index (χ4n) is 8.36. The van der Waals surface area contributed by atoms with Crippen molar-refractivity contribution in [3.8, 4) is 0 Å². The van der Waals surface area contributed by atoms with E-state index in [0.29, 0.717) is 19.4 Å². The molecule has 3 fully saturated rings. The van der Waals surface area contributed by atoms with E-state index >= 15 is 4.79 Å². The third-order valence-electron chi connectivity index (χ3n) is 10.8. The van der Waals surface area contributed by atoms with Crippen molar-refractivity contribution in [2.75, 3.05) is 29.5 Å². The molecule has 0 radical (unpaired) electrons. The van der Waals surface area contributed by atoms with Gasteiger partial charge in [0.2, 0.25) is 11.8 Å². The molecule has 3 amide bonds. The first kappa shape index (κ1) is 33.0. The molecule has 246 valence electrons. The molecule has 8 heteroatoms. The summed E-state index contributed by atoms with van der Waals surface area (Å²) in [5.74, 6) is -1.94. The molecule has 3 heterocycles. The average Bonchev–Trinajstić information content (AvgIpc) is 3.66. The minimum atomic E-state index is -0.855. The molecule has 0 aromatic heterocycles. The fourth-order valence-corrected chi connectivity index (χ4v) is 10.7. The third-order valence-corrected chi connectivity index (χ3v) is 12.8. The highest BCUT2D eigenvalue weighted by Gasteiger charge is 2.78. The van der Waals surface area contributed by atoms with Crippen molar-refractivity contribution in [2.45, 2.75) is 61.6 Å². The monoisotopic (exact) mass is 651 g/mol. The summed E-state index contributed by atoms with van der Waals surface area (Å²) in [5, 5.41) is 12.9. The van der Waals surface area contributed by atoms with Crippen molar-refractivity contribution in [1.82, 2.24) is 4.90 Å². The van der Waals surface area contributed by atoms with Crippen LogP contribution in [-0.4, -0.2) is 69.0 Å². The summed E-state index contributed by atoms with van der Waals surface area (Å²) in [6.45, 7) is 14.3. The van der Waals surface area contributed by atoms with E-state index in [1.165, 1.54) is 0 Å². The Kier molecular flexibility index (Phi) is 9.11. The van der Waals surface area contributed by atoms with E-state index in [1.807, 2.05) is 86.6 Å². The van der Waals surface area contributed by atoms with E-state index < -0.39 is 33.4 Å². The van der Waals surface area contributed by atoms with Gasteiger partial charge in [-0.2, -0.15) is 0 Å². The second-order valence-electron chi connectivity index (χ2n) is 13.5. The summed E-state index contributed by atoms with van der Waals surface area (Å²) >= 11 is 1.65. The van der Waals surface area contributed by atoms with Crippen molar-refractivity contribution < 1.29 is 19.5 Å². The molecular formula is C39H45N3O4S. The SMILES string of the molecule is C=CCN(C(=O)C1N([C@@H](CO)[C@@H](C)CC)C(=O)[C@@H]2[C@@H](C(=O)N(CC=C)c3ccccc3)[C@@]3(C)CCC12S3)c1ccc2ccccc2c1. The number of aliphatic hydroxyl groups excluding tert-OH is 1. The largest absolute Gasteiger partial charge is 0.394 e. The Morgan fingerprint density at radius 1 is 0.957 bits per heavy atom. The molecule has 47 heavy (non-hydrogen) atoms. The smallest absolute Gasteiger partial charge is 0.251 e. The second-order valence-corrected chi connectivity index (χ2v) is 15.3. The van der Waals surface area contributed by atoms with E-state index in [0.717, 1.165) is 28.6 Å². The van der Waals surface area contributed by atoms with Gasteiger partial charge in [-0.05, 0) is 60.7 Å². The summed E-state index contributed by atoms with van der Waals surface area (Å²) < 4.78 is -1.36. The maximum absolute atomic E-state index is 15.2. The Balaban J connectivity index is 1.48. The Morgan fingerprint density at radius 3 is 2.23 bits per heavy atom. The molecule has 3 aliphatic heterocycles. The molecule has 3 saturated heterocycles. The van der Waals surface area contributed by atoms with E-state index in [1.54, 1.807) is 38.6 Å². The summed E-state index contributed by atoms with van der Waals surface area (Å²) in [6, 6.07) is 22.1. The van der Waals surface area contributed by atoms with Gasteiger partial charge in [-0.25, -0.2) is 0 Å². The minimum absolute atomic E-state index is 0.0588. The predicted octanol–water partition coefficient (Wildman–Crippen LogP) is 6.47. The highest BCUT2D eigenvalue weighted by atomic mass is 32.2. The predicted molar refractivity (Wildman–Crippen MR) is 191 cm³/mol. The van der Waals surface area contributed by atoms with E-state index in [-0.39, 0.29) is 36.8 Å². The number of carbonyl (C=O) groups excluding carboxylic acids is 3. The molecule has 3 aromatic carbocycles. The molecule has 2 bridgehead atoms. The topological polar surface area (TPSA) is 81.2 Å². The average molecular weight is 652 g/mol. The van der Waals surface area contributed by atoms with Crippen LogP contribution in [0.3, 0.4) is 0 Å². The van der Waals surface area contributed by atoms with Gasteiger partial charge in [-0.1, -0.05) is 81.0 Å². The number of para-hydroxylation sites is 1. The summed E-state index contributed by atoms with van der Waals surface area (Å²) in [6.07, 6.45) is 5.48. The molecule has 0 saturated carbocycles. The molecule has 3 aliphatic rings. The van der Waals surface area contributed by atoms with Crippen LogP contribution in [0.5, 0.6) is 0 Å². The molecule has 1 spiro atoms. The van der Waals surface area contributed by atoms with Gasteiger partial charge >= 0.3 is 0 Å². The highest BCUT2D eigenvalue weighted by Crippen LogP contribution is 2.72. The van der Waals surface area contributed by atoms with Gasteiger partial charge in [-0.15, -0.1) is 24.9 Å². The Labute approximate surface area is 282 Å². The van der Waals surface area contributed by atoms with Crippen LogP contribution >= 0.6 is 11.8 Å². The number of aliphatic hydroxyl groups is 1. The maximum Gasteiger partial charge on any atom is 0.251 e. The van der Waals surface area contributed by atoms with Crippen LogP contribution in [0.15, 0.2) is 98.1 Å². The molecule has 6 rings (SSSR count). The number of hydrogen-bond donors (Lipinski definition) is 1. The number of hydrogen-bond acceptors (Lipinski definition) is 5. The zero-order valence-electron chi connectivity index (χ0n) is 27.5. The lowest BCUT2D eigenvalue weighted by Crippen LogP contribution is -2.58. The summed E-state index contributed by atoms with van der Waals surface area (Å²) in [4.78, 5) is 50.1. The molecular weight excluding hydrogens is 607 g/mol. The van der Waals surface area contributed by atoms with E-state index in [9.17, 15) is 14.7 Å². The lowest BCUT2D eigenvalue weighted by Gasteiger charge is -2.41. The quantitative estimate of drug-likeness (QED) is 0.227. The van der Waals surface area contributed by atoms with E-state index in [2.05, 4.69) is 20.1 Å². The van der Waals surface area contributed by atoms with E-state index in [4.69, 9.17) is 0 Å². The van der Waals surface area contributed by atoms with Crippen LogP contribution in [0, 0.1) is 17.8 Å². The number of rotatable bonds is 12. The van der Waals surface area contributed by atoms with Crippen LogP contribution < -0.4 is 9.80 Å². The first-order chi connectivity index (χ1) is 22.7. The van der Waals surface area contributed by atoms with Crippen molar-refractivity contribution in [3.63, 3.8) is 0 Å². The van der Waals surface area contributed by atoms with Gasteiger partial charge in [0.1, 0.15) is 6.04 Å². The standard InChI is InChI=1S/C39H45N3O4S/c1-6-22-40(29-16-10-9-11-17-29)35(44)32-33-36(45)42(31(25-43)26(4)8-3)34(39(33)21-20-38(32,5)47-39)37(46)41(23-7-2)30-19-18-27-14-12-13-15-28(27)24-30/h6-7,9-19,24,26,31-34,43H,1-2,8,20-23,25H2,3-5H3/t26-,31-,32-,33-,34?,38+,39?/m0/s1. The van der Waals surface area contributed by atoms with Crippen molar-refractivity contribution in [1.29, 1.82) is 0 Å². The summed E-state index contributed by atoms with van der Waals surface area (Å²) in [5.41, 5.74) is 1.47. The number of anilines is 2. The molecule has 7 nitrogen and oxygen atoms in total. The Hall–Kier alpha value is -3.88. The lowest BCUT2D eigenvalue weighted by molar-refractivity contribution is -0.143.